The van der Waals surface area contributed by atoms with Gasteiger partial charge in [-0.2, -0.15) is 0 Å². The fourth-order valence-corrected chi connectivity index (χ4v) is 2.76. The number of aliphatic hydroxyl groups excluding tert-OH is 2. The predicted octanol–water partition coefficient (Wildman–Crippen LogP) is 5.48. The van der Waals surface area contributed by atoms with Gasteiger partial charge < -0.3 is 14.9 Å². The molecule has 0 bridgehead atoms. The van der Waals surface area contributed by atoms with Gasteiger partial charge in [0.25, 0.3) is 0 Å². The van der Waals surface area contributed by atoms with E-state index in [9.17, 15) is 4.79 Å². The molecular weight excluding hydrogens is 340 g/mol. The molecule has 0 radical (unpaired) electrons. The van der Waals surface area contributed by atoms with E-state index in [1.807, 2.05) is 0 Å². The second kappa shape index (κ2) is 21.2. The number of rotatable bonds is 19. The number of hydrogen-bond acceptors (Lipinski definition) is 4. The van der Waals surface area contributed by atoms with Crippen LogP contribution in [0.5, 0.6) is 0 Å². The van der Waals surface area contributed by atoms with Gasteiger partial charge >= 0.3 is 5.97 Å². The van der Waals surface area contributed by atoms with E-state index in [2.05, 4.69) is 31.2 Å². The van der Waals surface area contributed by atoms with Gasteiger partial charge in [0.05, 0.1) is 6.61 Å². The van der Waals surface area contributed by atoms with Crippen LogP contribution in [0.1, 0.15) is 96.8 Å². The summed E-state index contributed by atoms with van der Waals surface area (Å²) < 4.78 is 4.84. The van der Waals surface area contributed by atoms with Crippen molar-refractivity contribution in [3.05, 3.63) is 24.3 Å². The van der Waals surface area contributed by atoms with E-state index in [1.54, 1.807) is 0 Å². The Morgan fingerprint density at radius 2 is 1.41 bits per heavy atom. The SMILES string of the molecule is CCCCCCCCCCC/C=C/C/C=C/CCCC(=O)OC[C@@H](O)CO. The Bertz CT molecular complexity index is 377. The normalized spacial score (nSPS) is 12.9. The van der Waals surface area contributed by atoms with E-state index in [4.69, 9.17) is 14.9 Å². The Hall–Kier alpha value is -1.13. The van der Waals surface area contributed by atoms with Crippen LogP contribution in [0, 0.1) is 0 Å². The van der Waals surface area contributed by atoms with Crippen LogP contribution in [0.2, 0.25) is 0 Å². The van der Waals surface area contributed by atoms with Crippen LogP contribution in [0.3, 0.4) is 0 Å². The first kappa shape index (κ1) is 25.9. The molecule has 4 nitrogen and oxygen atoms in total. The fourth-order valence-electron chi connectivity index (χ4n) is 2.76. The summed E-state index contributed by atoms with van der Waals surface area (Å²) >= 11 is 0. The maximum absolute atomic E-state index is 11.4. The maximum atomic E-state index is 11.4. The Balaban J connectivity index is 3.32. The van der Waals surface area contributed by atoms with Gasteiger partial charge in [-0.1, -0.05) is 82.6 Å². The highest BCUT2D eigenvalue weighted by molar-refractivity contribution is 5.69. The van der Waals surface area contributed by atoms with E-state index in [1.165, 1.54) is 64.2 Å². The molecule has 0 fully saturated rings. The molecule has 0 unspecified atom stereocenters. The number of unbranched alkanes of at least 4 members (excludes halogenated alkanes) is 10. The predicted molar refractivity (Wildman–Crippen MR) is 113 cm³/mol. The van der Waals surface area contributed by atoms with Crippen LogP contribution in [0.15, 0.2) is 24.3 Å². The molecule has 0 saturated heterocycles. The first-order chi connectivity index (χ1) is 13.2. The van der Waals surface area contributed by atoms with Crippen molar-refractivity contribution in [3.8, 4) is 0 Å². The number of allylic oxidation sites excluding steroid dienone is 4. The van der Waals surface area contributed by atoms with Crippen molar-refractivity contribution < 1.29 is 19.7 Å². The number of carbonyl (C=O) groups excluding carboxylic acids is 1. The lowest BCUT2D eigenvalue weighted by molar-refractivity contribution is -0.147. The van der Waals surface area contributed by atoms with Gasteiger partial charge in [-0.05, 0) is 32.1 Å². The topological polar surface area (TPSA) is 66.8 Å². The molecule has 4 heteroatoms. The third kappa shape index (κ3) is 21.0. The molecule has 0 aromatic heterocycles. The molecular formula is C23H42O4. The minimum atomic E-state index is -0.976. The summed E-state index contributed by atoms with van der Waals surface area (Å²) in [4.78, 5) is 11.4. The highest BCUT2D eigenvalue weighted by Gasteiger charge is 2.06. The molecule has 0 saturated carbocycles. The van der Waals surface area contributed by atoms with Crippen molar-refractivity contribution in [2.45, 2.75) is 103 Å². The van der Waals surface area contributed by atoms with Crippen LogP contribution in [-0.4, -0.2) is 35.5 Å². The fraction of sp³-hybridized carbons (Fsp3) is 0.783. The van der Waals surface area contributed by atoms with Crippen molar-refractivity contribution in [2.24, 2.45) is 0 Å². The number of hydrogen-bond donors (Lipinski definition) is 2. The van der Waals surface area contributed by atoms with Gasteiger partial charge in [0.15, 0.2) is 0 Å². The molecule has 0 heterocycles. The highest BCUT2D eigenvalue weighted by atomic mass is 16.5. The van der Waals surface area contributed by atoms with Gasteiger partial charge in [-0.25, -0.2) is 0 Å². The molecule has 27 heavy (non-hydrogen) atoms. The van der Waals surface area contributed by atoms with Gasteiger partial charge in [-0.3, -0.25) is 4.79 Å². The third-order valence-electron chi connectivity index (χ3n) is 4.48. The lowest BCUT2D eigenvalue weighted by Gasteiger charge is -2.07. The summed E-state index contributed by atoms with van der Waals surface area (Å²) in [6, 6.07) is 0. The smallest absolute Gasteiger partial charge is 0.305 e. The molecule has 0 aliphatic carbocycles. The molecule has 2 N–H and O–H groups in total. The second-order valence-electron chi connectivity index (χ2n) is 7.21. The summed E-state index contributed by atoms with van der Waals surface area (Å²) in [5.74, 6) is -0.322. The van der Waals surface area contributed by atoms with Crippen LogP contribution in [0.25, 0.3) is 0 Å². The molecule has 0 spiro atoms. The second-order valence-corrected chi connectivity index (χ2v) is 7.21. The average Bonchev–Trinajstić information content (AvgIpc) is 2.68. The number of aliphatic hydroxyl groups is 2. The summed E-state index contributed by atoms with van der Waals surface area (Å²) in [5, 5.41) is 17.7. The molecule has 0 aliphatic rings. The Kier molecular flexibility index (Phi) is 20.3. The standard InChI is InChI=1S/C23H42O4/c1-2-3-4-5-6-7-8-9-10-11-12-13-14-15-16-17-18-19-23(26)27-21-22(25)20-24/h12-13,15-16,22,24-25H,2-11,14,17-21H2,1H3/b13-12+,16-15+/t22-/m0/s1. The first-order valence-corrected chi connectivity index (χ1v) is 10.9. The highest BCUT2D eigenvalue weighted by Crippen LogP contribution is 2.10. The number of ether oxygens (including phenoxy) is 1. The van der Waals surface area contributed by atoms with E-state index < -0.39 is 6.10 Å². The number of esters is 1. The quantitative estimate of drug-likeness (QED) is 0.176. The molecule has 1 atom stereocenters. The van der Waals surface area contributed by atoms with E-state index >= 15 is 0 Å². The maximum Gasteiger partial charge on any atom is 0.305 e. The van der Waals surface area contributed by atoms with Crippen molar-refractivity contribution >= 4 is 5.97 Å². The third-order valence-corrected chi connectivity index (χ3v) is 4.48. The first-order valence-electron chi connectivity index (χ1n) is 10.9. The van der Waals surface area contributed by atoms with Crippen molar-refractivity contribution in [3.63, 3.8) is 0 Å². The van der Waals surface area contributed by atoms with Crippen molar-refractivity contribution in [1.29, 1.82) is 0 Å². The summed E-state index contributed by atoms with van der Waals surface area (Å²) in [6.07, 6.45) is 24.2. The van der Waals surface area contributed by atoms with Crippen LogP contribution in [0.4, 0.5) is 0 Å². The van der Waals surface area contributed by atoms with Gasteiger partial charge in [0.1, 0.15) is 12.7 Å². The summed E-state index contributed by atoms with van der Waals surface area (Å²) in [5.41, 5.74) is 0. The zero-order chi connectivity index (χ0) is 20.0. The van der Waals surface area contributed by atoms with E-state index in [-0.39, 0.29) is 19.2 Å². The molecule has 0 amide bonds. The monoisotopic (exact) mass is 382 g/mol. The van der Waals surface area contributed by atoms with Gasteiger partial charge in [0.2, 0.25) is 0 Å². The Labute approximate surface area is 166 Å². The zero-order valence-corrected chi connectivity index (χ0v) is 17.4. The molecule has 0 aromatic rings. The lowest BCUT2D eigenvalue weighted by Crippen LogP contribution is -2.21. The van der Waals surface area contributed by atoms with E-state index in [0.29, 0.717) is 6.42 Å². The van der Waals surface area contributed by atoms with E-state index in [0.717, 1.165) is 19.3 Å². The van der Waals surface area contributed by atoms with Crippen molar-refractivity contribution in [2.75, 3.05) is 13.2 Å². The average molecular weight is 383 g/mol. The molecule has 0 rings (SSSR count). The van der Waals surface area contributed by atoms with Crippen LogP contribution >= 0.6 is 0 Å². The van der Waals surface area contributed by atoms with Gasteiger partial charge in [0, 0.05) is 6.42 Å². The summed E-state index contributed by atoms with van der Waals surface area (Å²) in [6.45, 7) is 1.75. The largest absolute Gasteiger partial charge is 0.463 e. The minimum absolute atomic E-state index is 0.130. The number of carbonyl (C=O) groups is 1. The summed E-state index contributed by atoms with van der Waals surface area (Å²) in [7, 11) is 0. The molecule has 158 valence electrons. The molecule has 0 aliphatic heterocycles. The lowest BCUT2D eigenvalue weighted by atomic mass is 10.1. The van der Waals surface area contributed by atoms with Gasteiger partial charge in [-0.15, -0.1) is 0 Å². The Morgan fingerprint density at radius 1 is 0.852 bits per heavy atom. The zero-order valence-electron chi connectivity index (χ0n) is 17.4. The van der Waals surface area contributed by atoms with Crippen LogP contribution in [-0.2, 0) is 9.53 Å². The minimum Gasteiger partial charge on any atom is -0.463 e. The van der Waals surface area contributed by atoms with Crippen molar-refractivity contribution in [1.82, 2.24) is 0 Å². The van der Waals surface area contributed by atoms with Crippen LogP contribution < -0.4 is 0 Å². The Morgan fingerprint density at radius 3 is 2.00 bits per heavy atom. The molecule has 0 aromatic carbocycles.